The van der Waals surface area contributed by atoms with E-state index in [9.17, 15) is 0 Å². The van der Waals surface area contributed by atoms with Crippen molar-refractivity contribution in [1.82, 2.24) is 0 Å². The van der Waals surface area contributed by atoms with Crippen LogP contribution in [0.4, 0.5) is 0 Å². The number of benzene rings is 3. The van der Waals surface area contributed by atoms with E-state index in [1.165, 1.54) is 0 Å². The van der Waals surface area contributed by atoms with Crippen molar-refractivity contribution in [3.8, 4) is 70.0 Å². The molecule has 0 unspecified atom stereocenters. The molecule has 4 rings (SSSR count). The molecule has 1 aliphatic rings. The molecule has 3 aromatic rings. The fraction of sp³-hybridized carbons (Fsp3) is 0.500. The van der Waals surface area contributed by atoms with Gasteiger partial charge in [0.25, 0.3) is 25.0 Å². The first kappa shape index (κ1) is 48.3. The van der Waals surface area contributed by atoms with Gasteiger partial charge in [-0.2, -0.15) is 0 Å². The summed E-state index contributed by atoms with van der Waals surface area (Å²) < 4.78 is 55.1. The molecule has 0 aliphatic heterocycles. The van der Waals surface area contributed by atoms with Crippen LogP contribution in [0.5, 0.6) is 34.5 Å². The summed E-state index contributed by atoms with van der Waals surface area (Å²) in [5, 5.41) is -0.229. The van der Waals surface area contributed by atoms with Gasteiger partial charge in [-0.1, -0.05) is 97.8 Å². The molecular weight excluding hydrogens is 805 g/mol. The third kappa shape index (κ3) is 11.7. The molecule has 324 valence electrons. The zero-order valence-electron chi connectivity index (χ0n) is 39.3. The smallest absolute Gasteiger partial charge is 0.250 e. The number of rotatable bonds is 15. The SMILES string of the molecule is COCOc1cc2c(cc1O[Si](C)(C)C(C)(C)C)C#Cc1cc(OCOC)c(O[Si](C)(C)C(C)(C)C)cc1C#Cc1cc(OCOC)c(O[Si](C)(C)C(C)(C)C)cc1C#C2. The monoisotopic (exact) mass is 870 g/mol. The van der Waals surface area contributed by atoms with Gasteiger partial charge in [-0.25, -0.2) is 0 Å². The van der Waals surface area contributed by atoms with E-state index in [1.54, 1.807) is 21.3 Å². The van der Waals surface area contributed by atoms with E-state index in [2.05, 4.69) is 137 Å². The first-order valence-electron chi connectivity index (χ1n) is 20.3. The van der Waals surface area contributed by atoms with Crippen molar-refractivity contribution in [1.29, 1.82) is 0 Å². The predicted molar refractivity (Wildman–Crippen MR) is 248 cm³/mol. The number of methoxy groups -OCH3 is 3. The van der Waals surface area contributed by atoms with Crippen LogP contribution < -0.4 is 27.5 Å². The summed E-state index contributed by atoms with van der Waals surface area (Å²) in [5.41, 5.74) is 3.87. The minimum atomic E-state index is -2.33. The van der Waals surface area contributed by atoms with E-state index >= 15 is 0 Å². The maximum absolute atomic E-state index is 6.88. The van der Waals surface area contributed by atoms with Crippen molar-refractivity contribution < 1.29 is 41.7 Å². The summed E-state index contributed by atoms with van der Waals surface area (Å²) >= 11 is 0. The highest BCUT2D eigenvalue weighted by Crippen LogP contribution is 2.44. The summed E-state index contributed by atoms with van der Waals surface area (Å²) in [6.07, 6.45) is 0. The Morgan fingerprint density at radius 1 is 0.350 bits per heavy atom. The van der Waals surface area contributed by atoms with E-state index in [-0.39, 0.29) is 35.5 Å². The highest BCUT2D eigenvalue weighted by Gasteiger charge is 2.42. The van der Waals surface area contributed by atoms with E-state index in [4.69, 9.17) is 41.7 Å². The van der Waals surface area contributed by atoms with Crippen LogP contribution in [0.25, 0.3) is 0 Å². The van der Waals surface area contributed by atoms with E-state index in [0.717, 1.165) is 0 Å². The van der Waals surface area contributed by atoms with Crippen molar-refractivity contribution >= 4 is 25.0 Å². The standard InChI is InChI=1S/C48H66O9Si3/c1-46(2,3)58(13,14)55-43-28-37-22-19-35-26-41(53-32-50-11)45(57-60(17,18)48(7,8)9)30-39(35)24-21-36-27-42(54-33-51-12)44(56-59(15,16)47(4,5)6)29-38(36)23-20-34(37)25-40(43)52-31-49-10/h25-30H,31-33H2,1-18H3. The zero-order chi connectivity index (χ0) is 44.9. The first-order chi connectivity index (χ1) is 27.7. The van der Waals surface area contributed by atoms with Crippen LogP contribution in [0, 0.1) is 35.5 Å². The molecule has 9 nitrogen and oxygen atoms in total. The highest BCUT2D eigenvalue weighted by atomic mass is 28.4. The Balaban J connectivity index is 2.15. The van der Waals surface area contributed by atoms with Crippen LogP contribution in [0.3, 0.4) is 0 Å². The molecule has 0 N–H and O–H groups in total. The molecule has 0 fully saturated rings. The molecule has 0 saturated carbocycles. The lowest BCUT2D eigenvalue weighted by atomic mass is 10.0. The number of hydrogen-bond acceptors (Lipinski definition) is 9. The largest absolute Gasteiger partial charge is 0.541 e. The van der Waals surface area contributed by atoms with Crippen LogP contribution in [-0.2, 0) is 14.2 Å². The molecule has 1 aliphatic carbocycles. The Bertz CT molecular complexity index is 1970. The van der Waals surface area contributed by atoms with E-state index in [0.29, 0.717) is 67.9 Å². The lowest BCUT2D eigenvalue weighted by Crippen LogP contribution is -2.44. The van der Waals surface area contributed by atoms with Crippen LogP contribution in [0.15, 0.2) is 36.4 Å². The minimum Gasteiger partial charge on any atom is -0.541 e. The van der Waals surface area contributed by atoms with Crippen molar-refractivity contribution in [3.63, 3.8) is 0 Å². The fourth-order valence-corrected chi connectivity index (χ4v) is 7.98. The van der Waals surface area contributed by atoms with Crippen molar-refractivity contribution in [2.75, 3.05) is 41.7 Å². The van der Waals surface area contributed by atoms with Gasteiger partial charge in [0.1, 0.15) is 17.2 Å². The lowest BCUT2D eigenvalue weighted by Gasteiger charge is -2.37. The van der Waals surface area contributed by atoms with Gasteiger partial charge in [-0.15, -0.1) is 0 Å². The molecule has 0 spiro atoms. The molecule has 12 heteroatoms. The van der Waals surface area contributed by atoms with Crippen LogP contribution >= 0.6 is 0 Å². The molecule has 0 aromatic heterocycles. The average molecular weight is 871 g/mol. The van der Waals surface area contributed by atoms with Gasteiger partial charge in [0.2, 0.25) is 0 Å². The third-order valence-corrected chi connectivity index (χ3v) is 24.8. The fourth-order valence-electron chi connectivity index (χ4n) is 4.93. The molecule has 60 heavy (non-hydrogen) atoms. The molecule has 0 radical (unpaired) electrons. The third-order valence-electron chi connectivity index (χ3n) is 11.8. The maximum Gasteiger partial charge on any atom is 0.250 e. The maximum atomic E-state index is 6.88. The Labute approximate surface area is 363 Å². The van der Waals surface area contributed by atoms with Crippen LogP contribution in [0.2, 0.25) is 54.4 Å². The highest BCUT2D eigenvalue weighted by molar-refractivity contribution is 6.75. The topological polar surface area (TPSA) is 83.1 Å². The Kier molecular flexibility index (Phi) is 15.1. The van der Waals surface area contributed by atoms with Gasteiger partial charge in [-0.05, 0) is 72.6 Å². The van der Waals surface area contributed by atoms with Gasteiger partial charge < -0.3 is 41.7 Å². The Morgan fingerprint density at radius 3 is 0.700 bits per heavy atom. The van der Waals surface area contributed by atoms with Gasteiger partial charge in [0, 0.05) is 72.9 Å². The Hall–Kier alpha value is -4.33. The number of fused-ring (bicyclic) bond motifs is 3. The second-order valence-electron chi connectivity index (χ2n) is 19.5. The summed E-state index contributed by atoms with van der Waals surface area (Å²) in [4.78, 5) is 0. The quantitative estimate of drug-likeness (QED) is 0.0659. The summed E-state index contributed by atoms with van der Waals surface area (Å²) in [7, 11) is -2.23. The van der Waals surface area contributed by atoms with Crippen LogP contribution in [0.1, 0.15) is 95.7 Å². The molecule has 3 aromatic carbocycles. The first-order valence-corrected chi connectivity index (χ1v) is 29.0. The molecule has 0 saturated heterocycles. The summed E-state index contributed by atoms with van der Waals surface area (Å²) in [6.45, 7) is 33.1. The number of ether oxygens (including phenoxy) is 6. The second kappa shape index (κ2) is 18.7. The Morgan fingerprint density at radius 2 is 0.533 bits per heavy atom. The van der Waals surface area contributed by atoms with Gasteiger partial charge >= 0.3 is 0 Å². The van der Waals surface area contributed by atoms with Gasteiger partial charge in [-0.3, -0.25) is 0 Å². The molecule has 0 amide bonds. The zero-order valence-corrected chi connectivity index (χ0v) is 42.3. The normalized spacial score (nSPS) is 12.9. The van der Waals surface area contributed by atoms with Crippen molar-refractivity contribution in [2.24, 2.45) is 0 Å². The molecular formula is C48H66O9Si3. The van der Waals surface area contributed by atoms with E-state index in [1.807, 2.05) is 36.4 Å². The van der Waals surface area contributed by atoms with Crippen molar-refractivity contribution in [2.45, 2.75) is 117 Å². The van der Waals surface area contributed by atoms with Gasteiger partial charge in [0.05, 0.1) is 0 Å². The predicted octanol–water partition coefficient (Wildman–Crippen LogP) is 11.3. The van der Waals surface area contributed by atoms with Crippen LogP contribution in [-0.4, -0.2) is 66.7 Å². The van der Waals surface area contributed by atoms with Gasteiger partial charge in [0.15, 0.2) is 37.6 Å². The summed E-state index contributed by atoms with van der Waals surface area (Å²) in [6, 6.07) is 11.4. The lowest BCUT2D eigenvalue weighted by molar-refractivity contribution is 0.0496. The summed E-state index contributed by atoms with van der Waals surface area (Å²) in [5.74, 6) is 23.8. The van der Waals surface area contributed by atoms with Crippen molar-refractivity contribution in [3.05, 3.63) is 69.8 Å². The molecule has 0 bridgehead atoms. The molecule has 0 atom stereocenters. The molecule has 0 heterocycles. The van der Waals surface area contributed by atoms with E-state index < -0.39 is 25.0 Å². The minimum absolute atomic E-state index is 0.0273. The second-order valence-corrected chi connectivity index (χ2v) is 33.7. The average Bonchev–Trinajstić information content (AvgIpc) is 3.12. The number of hydrogen-bond donors (Lipinski definition) is 0.